The fourth-order valence-electron chi connectivity index (χ4n) is 6.01. The summed E-state index contributed by atoms with van der Waals surface area (Å²) in [4.78, 5) is 41.1. The Kier molecular flexibility index (Phi) is 10.8. The van der Waals surface area contributed by atoms with Crippen molar-refractivity contribution in [2.75, 3.05) is 33.2 Å². The van der Waals surface area contributed by atoms with Gasteiger partial charge in [0.15, 0.2) is 5.72 Å². The van der Waals surface area contributed by atoms with Crippen LogP contribution in [0.5, 0.6) is 5.75 Å². The lowest BCUT2D eigenvalue weighted by molar-refractivity contribution is -0.159. The van der Waals surface area contributed by atoms with E-state index in [1.54, 1.807) is 45.2 Å². The summed E-state index contributed by atoms with van der Waals surface area (Å²) in [6, 6.07) is 2.79. The molecule has 0 aromatic heterocycles. The number of hydrogen-bond donors (Lipinski definition) is 3. The third-order valence-electron chi connectivity index (χ3n) is 9.16. The van der Waals surface area contributed by atoms with Crippen molar-refractivity contribution in [2.45, 2.75) is 88.7 Å². The van der Waals surface area contributed by atoms with E-state index in [-0.39, 0.29) is 17.9 Å². The number of anilines is 1. The number of nitrogens with one attached hydrogen (secondary N) is 1. The molecule has 2 amide bonds. The Hall–Kier alpha value is -3.20. The lowest BCUT2D eigenvalue weighted by Crippen LogP contribution is -2.63. The van der Waals surface area contributed by atoms with E-state index in [1.165, 1.54) is 31.2 Å². The first-order chi connectivity index (χ1) is 21.5. The van der Waals surface area contributed by atoms with Crippen molar-refractivity contribution in [2.24, 2.45) is 11.8 Å². The van der Waals surface area contributed by atoms with Crippen molar-refractivity contribution in [1.29, 1.82) is 0 Å². The number of amides is 2. The molecular weight excluding hydrogens is 620 g/mol. The summed E-state index contributed by atoms with van der Waals surface area (Å²) in [5.41, 5.74) is -0.741. The van der Waals surface area contributed by atoms with Crippen LogP contribution >= 0.6 is 11.6 Å². The van der Waals surface area contributed by atoms with Crippen LogP contribution in [0.2, 0.25) is 5.02 Å². The summed E-state index contributed by atoms with van der Waals surface area (Å²) in [6.07, 6.45) is 1.30. The van der Waals surface area contributed by atoms with Crippen molar-refractivity contribution in [3.8, 4) is 5.75 Å². The number of carbonyl (C=O) groups is 3. The lowest BCUT2D eigenvalue weighted by Gasteiger charge is -2.42. The molecule has 4 N–H and O–H groups in total. The molecule has 2 fully saturated rings. The maximum Gasteiger partial charge on any atom is 0.409 e. The number of allylic oxidation sites excluding steroid dienone is 3. The summed E-state index contributed by atoms with van der Waals surface area (Å²) in [6.45, 7) is 7.06. The molecule has 3 aliphatic heterocycles. The number of nitrogens with zero attached hydrogens (tertiary/aromatic N) is 2. The Morgan fingerprint density at radius 3 is 2.63 bits per heavy atom. The molecule has 8 atom stereocenters. The maximum atomic E-state index is 13.9. The minimum absolute atomic E-state index is 0.0212. The Balaban J connectivity index is 1.80. The molecule has 1 aromatic carbocycles. The summed E-state index contributed by atoms with van der Waals surface area (Å²) < 4.78 is 28.9. The van der Waals surface area contributed by atoms with Gasteiger partial charge in [-0.2, -0.15) is 0 Å². The van der Waals surface area contributed by atoms with Crippen molar-refractivity contribution in [3.05, 3.63) is 46.5 Å². The van der Waals surface area contributed by atoms with E-state index in [0.29, 0.717) is 17.9 Å². The van der Waals surface area contributed by atoms with Gasteiger partial charge in [0.2, 0.25) is 5.91 Å². The Morgan fingerprint density at radius 1 is 1.30 bits per heavy atom. The van der Waals surface area contributed by atoms with Gasteiger partial charge in [0.05, 0.1) is 25.3 Å². The molecule has 2 saturated heterocycles. The zero-order valence-electron chi connectivity index (χ0n) is 27.5. The Bertz CT molecular complexity index is 1400. The van der Waals surface area contributed by atoms with Gasteiger partial charge in [-0.3, -0.25) is 20.7 Å². The topological polar surface area (TPSA) is 165 Å². The van der Waals surface area contributed by atoms with Crippen LogP contribution in [-0.4, -0.2) is 98.2 Å². The first-order valence-electron chi connectivity index (χ1n) is 15.1. The molecule has 46 heavy (non-hydrogen) atoms. The third kappa shape index (κ3) is 7.35. The summed E-state index contributed by atoms with van der Waals surface area (Å²) in [5, 5.41) is 15.6. The molecule has 13 nitrogen and oxygen atoms in total. The molecule has 0 aliphatic carbocycles. The Labute approximate surface area is 274 Å². The monoisotopic (exact) mass is 664 g/mol. The number of halogens is 1. The number of likely N-dealkylation sites (N-methyl/N-ethyl adjacent to an activating group) is 1. The predicted molar refractivity (Wildman–Crippen MR) is 170 cm³/mol. The van der Waals surface area contributed by atoms with Gasteiger partial charge in [-0.1, -0.05) is 42.3 Å². The molecule has 3 heterocycles. The number of nitrogens with two attached hydrogens (primary N) is 1. The zero-order valence-corrected chi connectivity index (χ0v) is 28.3. The smallest absolute Gasteiger partial charge is 0.409 e. The second-order valence-electron chi connectivity index (χ2n) is 12.6. The minimum atomic E-state index is -1.79. The van der Waals surface area contributed by atoms with Crippen LogP contribution in [0, 0.1) is 5.92 Å². The van der Waals surface area contributed by atoms with Crippen molar-refractivity contribution < 1.29 is 43.2 Å². The molecule has 0 saturated carbocycles. The lowest BCUT2D eigenvalue weighted by atomic mass is 9.83. The van der Waals surface area contributed by atoms with E-state index in [4.69, 9.17) is 41.1 Å². The summed E-state index contributed by atoms with van der Waals surface area (Å²) >= 11 is 6.70. The van der Waals surface area contributed by atoms with Crippen molar-refractivity contribution >= 4 is 35.3 Å². The third-order valence-corrected chi connectivity index (χ3v) is 9.54. The highest BCUT2D eigenvalue weighted by atomic mass is 35.5. The van der Waals surface area contributed by atoms with Gasteiger partial charge < -0.3 is 33.7 Å². The highest BCUT2D eigenvalue weighted by Gasteiger charge is 2.64. The van der Waals surface area contributed by atoms with Gasteiger partial charge in [0.25, 0.3) is 0 Å². The molecule has 254 valence electrons. The largest absolute Gasteiger partial charge is 0.495 e. The van der Waals surface area contributed by atoms with E-state index in [2.05, 4.69) is 5.32 Å². The average Bonchev–Trinajstić information content (AvgIpc) is 3.69. The molecule has 1 aromatic rings. The zero-order chi connectivity index (χ0) is 34.1. The quantitative estimate of drug-likeness (QED) is 0.183. The van der Waals surface area contributed by atoms with E-state index >= 15 is 0 Å². The van der Waals surface area contributed by atoms with Gasteiger partial charge in [0.1, 0.15) is 40.7 Å². The van der Waals surface area contributed by atoms with Crippen LogP contribution in [0.25, 0.3) is 0 Å². The number of methoxy groups -OCH3 is 2. The van der Waals surface area contributed by atoms with Gasteiger partial charge in [0, 0.05) is 33.5 Å². The number of ether oxygens (including phenoxy) is 5. The first kappa shape index (κ1) is 35.7. The van der Waals surface area contributed by atoms with Gasteiger partial charge >= 0.3 is 12.1 Å². The number of carbonyl (C=O) groups excluding carboxylic acids is 3. The fraction of sp³-hybridized carbons (Fsp3) is 0.594. The fourth-order valence-corrected chi connectivity index (χ4v) is 6.32. The molecular formula is C32H45ClN4O9. The van der Waals surface area contributed by atoms with Crippen LogP contribution < -0.4 is 20.8 Å². The van der Waals surface area contributed by atoms with Crippen molar-refractivity contribution in [1.82, 2.24) is 10.3 Å². The van der Waals surface area contributed by atoms with Gasteiger partial charge in [-0.15, -0.1) is 0 Å². The molecule has 4 rings (SSSR count). The van der Waals surface area contributed by atoms with E-state index in [9.17, 15) is 19.5 Å². The van der Waals surface area contributed by atoms with Crippen LogP contribution in [0.1, 0.15) is 46.1 Å². The van der Waals surface area contributed by atoms with E-state index in [1.807, 2.05) is 19.9 Å². The minimum Gasteiger partial charge on any atom is -0.495 e. The molecule has 0 spiro atoms. The normalized spacial score (nSPS) is 34.4. The molecule has 14 heteroatoms. The van der Waals surface area contributed by atoms with Crippen molar-refractivity contribution in [3.63, 3.8) is 0 Å². The van der Waals surface area contributed by atoms with Gasteiger partial charge in [-0.05, 0) is 44.9 Å². The highest BCUT2D eigenvalue weighted by molar-refractivity contribution is 6.35. The number of benzene rings is 1. The Morgan fingerprint density at radius 2 is 2.00 bits per heavy atom. The molecule has 0 radical (unpaired) electrons. The predicted octanol–water partition coefficient (Wildman–Crippen LogP) is 2.86. The second kappa shape index (κ2) is 13.9. The second-order valence-corrected chi connectivity index (χ2v) is 12.9. The average molecular weight is 665 g/mol. The highest BCUT2D eigenvalue weighted by Crippen LogP contribution is 2.49. The van der Waals surface area contributed by atoms with Crippen LogP contribution in [0.3, 0.4) is 0 Å². The SMILES string of the molecule is COc1cc2cc(c1Cl)N(C)C(=O)CC(OC(=O)C(C)N(C)N)C1(C)OC1C(C)C1CC(O)(NC(=O)O1)C(OC)/C=C/C=C(\C)C2. The number of hydrazine groups is 1. The maximum absolute atomic E-state index is 13.9. The summed E-state index contributed by atoms with van der Waals surface area (Å²) in [5.74, 6) is 4.69. The molecule has 3 aliphatic rings. The first-order valence-corrected chi connectivity index (χ1v) is 15.5. The van der Waals surface area contributed by atoms with Crippen LogP contribution in [-0.2, 0) is 35.0 Å². The number of esters is 1. The van der Waals surface area contributed by atoms with Crippen LogP contribution in [0.15, 0.2) is 35.9 Å². The molecule has 8 unspecified atom stereocenters. The number of epoxide rings is 1. The molecule has 4 bridgehead atoms. The van der Waals surface area contributed by atoms with Gasteiger partial charge in [-0.25, -0.2) is 9.80 Å². The number of fused-ring (bicyclic) bond motifs is 5. The summed E-state index contributed by atoms with van der Waals surface area (Å²) in [7, 11) is 6.06. The number of alkyl carbamates (subject to hydrolysis) is 1. The number of hydrogen-bond acceptors (Lipinski definition) is 11. The number of aliphatic hydroxyl groups is 1. The van der Waals surface area contributed by atoms with E-state index < -0.39 is 65.7 Å². The van der Waals surface area contributed by atoms with Crippen LogP contribution in [0.4, 0.5) is 10.5 Å². The van der Waals surface area contributed by atoms with E-state index in [0.717, 1.165) is 11.1 Å². The number of rotatable bonds is 5. The standard InChI is InChI=1S/C32H45ClN4O9/c1-17-10-9-11-24(43-8)32(41)16-23(44-30(40)35-32)18(2)28-31(4,46-28)25(45-29(39)19(3)37(6)34)15-26(38)36(5)21-13-20(12-17)14-22(42-7)27(21)33/h9-11,13-14,18-19,23-25,28,41H,12,15-16,34H2,1-8H3,(H,35,40)/b11-9+,17-10+.